The first kappa shape index (κ1) is 32.8. The van der Waals surface area contributed by atoms with Crippen molar-refractivity contribution in [3.63, 3.8) is 0 Å². The molecule has 0 bridgehead atoms. The van der Waals surface area contributed by atoms with Crippen LogP contribution in [0, 0.1) is 19.3 Å². The topological polar surface area (TPSA) is 136 Å². The number of ether oxygens (including phenoxy) is 2. The molecule has 250 valence electrons. The molecule has 1 atom stereocenters. The van der Waals surface area contributed by atoms with Gasteiger partial charge in [-0.2, -0.15) is 17.5 Å². The van der Waals surface area contributed by atoms with Crippen molar-refractivity contribution >= 4 is 21.6 Å². The molecule has 4 aromatic rings. The predicted octanol–water partition coefficient (Wildman–Crippen LogP) is 5.14. The highest BCUT2D eigenvalue weighted by molar-refractivity contribution is 7.89. The molecule has 6 rings (SSSR count). The van der Waals surface area contributed by atoms with E-state index in [1.165, 1.54) is 34.9 Å². The molecule has 15 heteroatoms. The molecule has 5 heterocycles. The summed E-state index contributed by atoms with van der Waals surface area (Å²) in [4.78, 5) is 16.9. The second-order valence-corrected chi connectivity index (χ2v) is 14.6. The normalized spacial score (nSPS) is 18.8. The molecule has 0 unspecified atom stereocenters. The van der Waals surface area contributed by atoms with E-state index in [4.69, 9.17) is 9.47 Å². The molecule has 1 saturated heterocycles. The van der Waals surface area contributed by atoms with E-state index in [1.807, 2.05) is 6.92 Å². The van der Waals surface area contributed by atoms with Crippen molar-refractivity contribution in [2.24, 2.45) is 5.41 Å². The molecule has 1 fully saturated rings. The summed E-state index contributed by atoms with van der Waals surface area (Å²) in [6.07, 6.45) is -1.13. The zero-order valence-electron chi connectivity index (χ0n) is 26.2. The number of benzene rings is 1. The Kier molecular flexibility index (Phi) is 8.08. The predicted molar refractivity (Wildman–Crippen MR) is 162 cm³/mol. The Bertz CT molecular complexity index is 1970. The van der Waals surface area contributed by atoms with Gasteiger partial charge in [0.25, 0.3) is 0 Å². The molecular formula is C32H34F3N5O6S. The summed E-state index contributed by atoms with van der Waals surface area (Å²) in [6, 6.07) is 9.81. The summed E-state index contributed by atoms with van der Waals surface area (Å²) in [6.45, 7) is 7.32. The highest BCUT2D eigenvalue weighted by Gasteiger charge is 2.46. The smallest absolute Gasteiger partial charge is 0.452 e. The van der Waals surface area contributed by atoms with Crippen LogP contribution in [-0.4, -0.2) is 68.7 Å². The van der Waals surface area contributed by atoms with Gasteiger partial charge >= 0.3 is 12.1 Å². The summed E-state index contributed by atoms with van der Waals surface area (Å²) in [5.41, 5.74) is 0.407. The van der Waals surface area contributed by atoms with E-state index in [2.05, 4.69) is 15.2 Å². The average Bonchev–Trinajstić information content (AvgIpc) is 3.43. The standard InChI is InChI=1S/C32H34F3N5O6S/c1-19-7-8-21(25(30(3,4)29(41)42)23-9-13-40-26(20(23)2)37-38-28(40)32(33,34)35)16-22(19)17-39-18-31(10-14-45-15-11-31)46-27-24(47(39,43)44)6-5-12-36-27/h5-9,12-13,16,25H,10-11,14-15,17-18H2,1-4H3,(H,41,42)/t25-/m1/s1. The van der Waals surface area contributed by atoms with E-state index in [0.717, 1.165) is 9.96 Å². The summed E-state index contributed by atoms with van der Waals surface area (Å²) in [5.74, 6) is -3.13. The minimum Gasteiger partial charge on any atom is -0.481 e. The van der Waals surface area contributed by atoms with Gasteiger partial charge in [-0.1, -0.05) is 18.2 Å². The molecule has 1 spiro atoms. The largest absolute Gasteiger partial charge is 0.481 e. The number of nitrogens with zero attached hydrogens (tertiary/aromatic N) is 5. The van der Waals surface area contributed by atoms with Crippen LogP contribution >= 0.6 is 0 Å². The molecule has 0 amide bonds. The van der Waals surface area contributed by atoms with Crippen LogP contribution in [0.3, 0.4) is 0 Å². The number of rotatable bonds is 6. The lowest BCUT2D eigenvalue weighted by atomic mass is 9.70. The van der Waals surface area contributed by atoms with Crippen molar-refractivity contribution in [2.45, 2.75) is 69.7 Å². The van der Waals surface area contributed by atoms with E-state index in [1.54, 1.807) is 39.0 Å². The van der Waals surface area contributed by atoms with Crippen LogP contribution < -0.4 is 4.74 Å². The molecule has 47 heavy (non-hydrogen) atoms. The van der Waals surface area contributed by atoms with Gasteiger partial charge in [-0.05, 0) is 73.7 Å². The molecule has 0 radical (unpaired) electrons. The lowest BCUT2D eigenvalue weighted by Gasteiger charge is -2.38. The first-order chi connectivity index (χ1) is 22.0. The number of carboxylic acid groups (broad SMARTS) is 1. The Morgan fingerprint density at radius 1 is 1.11 bits per heavy atom. The number of alkyl halides is 3. The van der Waals surface area contributed by atoms with Crippen molar-refractivity contribution in [1.29, 1.82) is 0 Å². The van der Waals surface area contributed by atoms with E-state index in [0.29, 0.717) is 48.3 Å². The van der Waals surface area contributed by atoms with Crippen molar-refractivity contribution < 1.29 is 41.0 Å². The van der Waals surface area contributed by atoms with Gasteiger partial charge in [-0.15, -0.1) is 10.2 Å². The number of aromatic nitrogens is 4. The summed E-state index contributed by atoms with van der Waals surface area (Å²) in [7, 11) is -4.08. The second-order valence-electron chi connectivity index (χ2n) is 12.7. The number of carboxylic acids is 1. The monoisotopic (exact) mass is 673 g/mol. The van der Waals surface area contributed by atoms with Crippen molar-refractivity contribution in [3.05, 3.63) is 82.4 Å². The van der Waals surface area contributed by atoms with E-state index < -0.39 is 44.9 Å². The summed E-state index contributed by atoms with van der Waals surface area (Å²) >= 11 is 0. The van der Waals surface area contributed by atoms with Gasteiger partial charge in [-0.25, -0.2) is 13.4 Å². The molecule has 1 N–H and O–H groups in total. The number of aliphatic carboxylic acids is 1. The minimum absolute atomic E-state index is 0.0404. The Hall–Kier alpha value is -4.08. The van der Waals surface area contributed by atoms with Crippen molar-refractivity contribution in [3.8, 4) is 5.88 Å². The highest BCUT2D eigenvalue weighted by Crippen LogP contribution is 2.44. The Balaban J connectivity index is 1.46. The quantitative estimate of drug-likeness (QED) is 0.295. The van der Waals surface area contributed by atoms with Crippen molar-refractivity contribution in [2.75, 3.05) is 19.8 Å². The van der Waals surface area contributed by atoms with Crippen LogP contribution in [0.15, 0.2) is 53.7 Å². The van der Waals surface area contributed by atoms with Crippen LogP contribution in [-0.2, 0) is 32.3 Å². The Morgan fingerprint density at radius 2 is 1.83 bits per heavy atom. The van der Waals surface area contributed by atoms with Crippen LogP contribution in [0.5, 0.6) is 5.88 Å². The van der Waals surface area contributed by atoms with Gasteiger partial charge in [0, 0.05) is 37.7 Å². The lowest BCUT2D eigenvalue weighted by molar-refractivity contribution is -0.147. The van der Waals surface area contributed by atoms with Crippen molar-refractivity contribution in [1.82, 2.24) is 23.9 Å². The number of aryl methyl sites for hydroxylation is 2. The fraction of sp³-hybridized carbons (Fsp3) is 0.438. The number of hydrogen-bond donors (Lipinski definition) is 1. The molecule has 2 aliphatic heterocycles. The highest BCUT2D eigenvalue weighted by atomic mass is 32.2. The number of hydrogen-bond acceptors (Lipinski definition) is 8. The van der Waals surface area contributed by atoms with E-state index in [-0.39, 0.29) is 29.5 Å². The third-order valence-corrected chi connectivity index (χ3v) is 11.1. The fourth-order valence-electron chi connectivity index (χ4n) is 6.52. The Labute approximate surface area is 269 Å². The zero-order valence-corrected chi connectivity index (χ0v) is 27.0. The number of sulfonamides is 1. The van der Waals surface area contributed by atoms with Crippen LogP contribution in [0.25, 0.3) is 5.65 Å². The maximum Gasteiger partial charge on any atom is 0.452 e. The van der Waals surface area contributed by atoms with E-state index >= 15 is 0 Å². The fourth-order valence-corrected chi connectivity index (χ4v) is 8.08. The van der Waals surface area contributed by atoms with Gasteiger partial charge in [-0.3, -0.25) is 9.20 Å². The van der Waals surface area contributed by atoms with E-state index in [9.17, 15) is 31.5 Å². The zero-order chi connectivity index (χ0) is 33.9. The Morgan fingerprint density at radius 3 is 2.51 bits per heavy atom. The van der Waals surface area contributed by atoms with Gasteiger partial charge in [0.15, 0.2) is 5.65 Å². The SMILES string of the molecule is Cc1ccc([C@H](c2ccn3c(C(F)(F)F)nnc3c2C)C(C)(C)C(=O)O)cc1CN1CC2(CCOCC2)Oc2ncccc2S1(=O)=O. The van der Waals surface area contributed by atoms with Crippen LogP contribution in [0.1, 0.15) is 66.2 Å². The molecular weight excluding hydrogens is 639 g/mol. The van der Waals surface area contributed by atoms with Crippen LogP contribution in [0.2, 0.25) is 0 Å². The third-order valence-electron chi connectivity index (χ3n) is 9.29. The molecule has 11 nitrogen and oxygen atoms in total. The van der Waals surface area contributed by atoms with Gasteiger partial charge < -0.3 is 14.6 Å². The van der Waals surface area contributed by atoms with Gasteiger partial charge in [0.2, 0.25) is 21.7 Å². The lowest BCUT2D eigenvalue weighted by Crippen LogP contribution is -2.50. The molecule has 2 aliphatic rings. The van der Waals surface area contributed by atoms with Crippen LogP contribution in [0.4, 0.5) is 13.2 Å². The summed E-state index contributed by atoms with van der Waals surface area (Å²) in [5, 5.41) is 17.5. The maximum atomic E-state index is 14.1. The van der Waals surface area contributed by atoms with Gasteiger partial charge in [0.1, 0.15) is 10.5 Å². The number of fused-ring (bicyclic) bond motifs is 2. The minimum atomic E-state index is -4.74. The summed E-state index contributed by atoms with van der Waals surface area (Å²) < 4.78 is 83.1. The number of pyridine rings is 2. The maximum absolute atomic E-state index is 14.1. The molecule has 0 saturated carbocycles. The number of halogens is 3. The second kappa shape index (κ2) is 11.6. The third kappa shape index (κ3) is 5.74. The van der Waals surface area contributed by atoms with Gasteiger partial charge in [0.05, 0.1) is 25.2 Å². The number of carbonyl (C=O) groups is 1. The molecule has 3 aromatic heterocycles. The first-order valence-electron chi connectivity index (χ1n) is 15.0. The molecule has 0 aliphatic carbocycles. The first-order valence-corrected chi connectivity index (χ1v) is 16.5. The average molecular weight is 674 g/mol. The molecule has 1 aromatic carbocycles.